The first-order chi connectivity index (χ1) is 8.42. The molecule has 1 aliphatic carbocycles. The van der Waals surface area contributed by atoms with E-state index in [4.69, 9.17) is 10.3 Å². The molecule has 0 unspecified atom stereocenters. The van der Waals surface area contributed by atoms with Crippen LogP contribution >= 0.6 is 0 Å². The molecule has 6 heteroatoms. The van der Waals surface area contributed by atoms with Crippen molar-refractivity contribution in [3.63, 3.8) is 0 Å². The molecule has 0 spiro atoms. The second kappa shape index (κ2) is 6.50. The van der Waals surface area contributed by atoms with Crippen molar-refractivity contribution in [1.82, 2.24) is 5.32 Å². The van der Waals surface area contributed by atoms with Gasteiger partial charge in [-0.1, -0.05) is 18.0 Å². The third-order valence-corrected chi connectivity index (χ3v) is 2.99. The second-order valence-corrected chi connectivity index (χ2v) is 5.71. The normalized spacial score (nSPS) is 23.9. The van der Waals surface area contributed by atoms with Crippen molar-refractivity contribution in [2.24, 2.45) is 11.0 Å². The van der Waals surface area contributed by atoms with Crippen LogP contribution in [0, 0.1) is 5.92 Å². The molecule has 102 valence electrons. The van der Waals surface area contributed by atoms with Crippen molar-refractivity contribution in [3.8, 4) is 0 Å². The van der Waals surface area contributed by atoms with Crippen molar-refractivity contribution in [1.29, 1.82) is 0 Å². The summed E-state index contributed by atoms with van der Waals surface area (Å²) in [5.41, 5.74) is 7.88. The predicted octanol–water partition coefficient (Wildman–Crippen LogP) is 3.38. The Hall–Kier alpha value is -1.42. The minimum absolute atomic E-state index is 0.0547. The van der Waals surface area contributed by atoms with E-state index in [0.717, 1.165) is 25.7 Å². The number of azide groups is 1. The van der Waals surface area contributed by atoms with Gasteiger partial charge in [0.15, 0.2) is 0 Å². The molecule has 1 fully saturated rings. The highest BCUT2D eigenvalue weighted by molar-refractivity contribution is 5.68. The number of hydrogen-bond acceptors (Lipinski definition) is 3. The number of nitrogens with one attached hydrogen (secondary N) is 1. The maximum atomic E-state index is 11.7. The Kier molecular flexibility index (Phi) is 5.28. The molecule has 1 rings (SSSR count). The van der Waals surface area contributed by atoms with Crippen molar-refractivity contribution < 1.29 is 9.53 Å². The van der Waals surface area contributed by atoms with E-state index in [-0.39, 0.29) is 18.1 Å². The highest BCUT2D eigenvalue weighted by atomic mass is 16.6. The van der Waals surface area contributed by atoms with Crippen LogP contribution in [0.4, 0.5) is 4.79 Å². The number of carbonyl (C=O) groups excluding carboxylic acids is 1. The van der Waals surface area contributed by atoms with Gasteiger partial charge >= 0.3 is 6.09 Å². The standard InChI is InChI=1S/C12H22N4O2/c1-12(2,3)18-11(17)15-10-7-5-4-6-9(10)8-14-16-13/h9-10H,4-8H2,1-3H3,(H,15,17)/t9-,10+/m0/s1. The first-order valence-electron chi connectivity index (χ1n) is 6.43. The molecule has 6 nitrogen and oxygen atoms in total. The Balaban J connectivity index is 2.51. The van der Waals surface area contributed by atoms with Gasteiger partial charge in [0.2, 0.25) is 0 Å². The van der Waals surface area contributed by atoms with E-state index in [2.05, 4.69) is 15.3 Å². The molecule has 1 amide bonds. The van der Waals surface area contributed by atoms with Gasteiger partial charge in [-0.3, -0.25) is 0 Å². The second-order valence-electron chi connectivity index (χ2n) is 5.71. The zero-order valence-electron chi connectivity index (χ0n) is 11.3. The Morgan fingerprint density at radius 2 is 2.11 bits per heavy atom. The summed E-state index contributed by atoms with van der Waals surface area (Å²) in [5, 5.41) is 6.51. The summed E-state index contributed by atoms with van der Waals surface area (Å²) >= 11 is 0. The van der Waals surface area contributed by atoms with E-state index in [1.807, 2.05) is 20.8 Å². The molecule has 1 aliphatic rings. The van der Waals surface area contributed by atoms with Gasteiger partial charge in [-0.25, -0.2) is 4.79 Å². The average Bonchev–Trinajstić information content (AvgIpc) is 2.25. The van der Waals surface area contributed by atoms with E-state index in [1.54, 1.807) is 0 Å². The number of amides is 1. The van der Waals surface area contributed by atoms with Crippen LogP contribution in [0.15, 0.2) is 5.11 Å². The molecule has 0 aliphatic heterocycles. The zero-order valence-corrected chi connectivity index (χ0v) is 11.3. The molecule has 0 aromatic rings. The maximum absolute atomic E-state index is 11.7. The lowest BCUT2D eigenvalue weighted by Crippen LogP contribution is -2.45. The molecule has 0 aromatic heterocycles. The molecule has 0 saturated heterocycles. The fourth-order valence-corrected chi connectivity index (χ4v) is 2.22. The van der Waals surface area contributed by atoms with Crippen LogP contribution in [-0.4, -0.2) is 24.3 Å². The summed E-state index contributed by atoms with van der Waals surface area (Å²) in [4.78, 5) is 14.5. The third kappa shape index (κ3) is 5.27. The van der Waals surface area contributed by atoms with E-state index in [1.165, 1.54) is 0 Å². The van der Waals surface area contributed by atoms with Gasteiger partial charge < -0.3 is 10.1 Å². The Morgan fingerprint density at radius 3 is 2.72 bits per heavy atom. The van der Waals surface area contributed by atoms with Gasteiger partial charge in [0.05, 0.1) is 0 Å². The lowest BCUT2D eigenvalue weighted by Gasteiger charge is -2.32. The number of rotatable bonds is 3. The third-order valence-electron chi connectivity index (χ3n) is 2.99. The SMILES string of the molecule is CC(C)(C)OC(=O)N[C@@H]1CCCC[C@H]1CN=[N+]=[N-]. The number of alkyl carbamates (subject to hydrolysis) is 1. The van der Waals surface area contributed by atoms with Crippen LogP contribution in [0.5, 0.6) is 0 Å². The first-order valence-corrected chi connectivity index (χ1v) is 6.43. The van der Waals surface area contributed by atoms with E-state index in [0.29, 0.717) is 6.54 Å². The first kappa shape index (κ1) is 14.6. The smallest absolute Gasteiger partial charge is 0.407 e. The molecule has 2 atom stereocenters. The molecular formula is C12H22N4O2. The molecule has 1 saturated carbocycles. The maximum Gasteiger partial charge on any atom is 0.407 e. The monoisotopic (exact) mass is 254 g/mol. The molecule has 0 bridgehead atoms. The number of nitrogens with zero attached hydrogens (tertiary/aromatic N) is 3. The van der Waals surface area contributed by atoms with Crippen LogP contribution in [0.1, 0.15) is 46.5 Å². The lowest BCUT2D eigenvalue weighted by atomic mass is 9.84. The summed E-state index contributed by atoms with van der Waals surface area (Å²) in [7, 11) is 0. The van der Waals surface area contributed by atoms with E-state index >= 15 is 0 Å². The fraction of sp³-hybridized carbons (Fsp3) is 0.917. The van der Waals surface area contributed by atoms with Crippen LogP contribution < -0.4 is 5.32 Å². The van der Waals surface area contributed by atoms with Crippen molar-refractivity contribution >= 4 is 6.09 Å². The average molecular weight is 254 g/mol. The Bertz CT molecular complexity index is 331. The summed E-state index contributed by atoms with van der Waals surface area (Å²) in [5.74, 6) is 0.224. The summed E-state index contributed by atoms with van der Waals surface area (Å²) in [6, 6.07) is 0.0547. The summed E-state index contributed by atoms with van der Waals surface area (Å²) < 4.78 is 5.24. The van der Waals surface area contributed by atoms with Crippen molar-refractivity contribution in [2.45, 2.75) is 58.1 Å². The van der Waals surface area contributed by atoms with Gasteiger partial charge in [-0.15, -0.1) is 0 Å². The van der Waals surface area contributed by atoms with Crippen LogP contribution in [0.25, 0.3) is 10.4 Å². The van der Waals surface area contributed by atoms with Gasteiger partial charge in [0, 0.05) is 17.5 Å². The minimum atomic E-state index is -0.487. The predicted molar refractivity (Wildman–Crippen MR) is 69.1 cm³/mol. The number of carbonyl (C=O) groups is 1. The largest absolute Gasteiger partial charge is 0.444 e. The van der Waals surface area contributed by atoms with Gasteiger partial charge in [-0.2, -0.15) is 0 Å². The minimum Gasteiger partial charge on any atom is -0.444 e. The molecule has 0 radical (unpaired) electrons. The molecular weight excluding hydrogens is 232 g/mol. The van der Waals surface area contributed by atoms with E-state index in [9.17, 15) is 4.79 Å². The molecule has 1 N–H and O–H groups in total. The quantitative estimate of drug-likeness (QED) is 0.475. The lowest BCUT2D eigenvalue weighted by molar-refractivity contribution is 0.0471. The van der Waals surface area contributed by atoms with Crippen LogP contribution in [-0.2, 0) is 4.74 Å². The van der Waals surface area contributed by atoms with Gasteiger partial charge in [-0.05, 0) is 45.1 Å². The van der Waals surface area contributed by atoms with Crippen molar-refractivity contribution in [3.05, 3.63) is 10.4 Å². The van der Waals surface area contributed by atoms with Crippen LogP contribution in [0.2, 0.25) is 0 Å². The summed E-state index contributed by atoms with van der Waals surface area (Å²) in [6.45, 7) is 5.96. The highest BCUT2D eigenvalue weighted by Gasteiger charge is 2.27. The van der Waals surface area contributed by atoms with Gasteiger partial charge in [0.25, 0.3) is 0 Å². The number of ether oxygens (including phenoxy) is 1. The molecule has 0 heterocycles. The zero-order chi connectivity index (χ0) is 13.6. The summed E-state index contributed by atoms with van der Waals surface area (Å²) in [6.07, 6.45) is 3.73. The molecule has 0 aromatic carbocycles. The van der Waals surface area contributed by atoms with E-state index < -0.39 is 5.60 Å². The topological polar surface area (TPSA) is 87.1 Å². The number of hydrogen-bond donors (Lipinski definition) is 1. The van der Waals surface area contributed by atoms with Gasteiger partial charge in [0.1, 0.15) is 5.60 Å². The molecule has 18 heavy (non-hydrogen) atoms. The Labute approximate surface area is 108 Å². The highest BCUT2D eigenvalue weighted by Crippen LogP contribution is 2.25. The fourth-order valence-electron chi connectivity index (χ4n) is 2.22. The Morgan fingerprint density at radius 1 is 1.44 bits per heavy atom. The van der Waals surface area contributed by atoms with Crippen LogP contribution in [0.3, 0.4) is 0 Å². The van der Waals surface area contributed by atoms with Crippen molar-refractivity contribution in [2.75, 3.05) is 6.54 Å².